The predicted molar refractivity (Wildman–Crippen MR) is 127 cm³/mol. The van der Waals surface area contributed by atoms with E-state index in [0.29, 0.717) is 37.7 Å². The largest absolute Gasteiger partial charge is 0.492 e. The molecule has 2 rings (SSSR count). The van der Waals surface area contributed by atoms with Gasteiger partial charge in [-0.3, -0.25) is 14.2 Å². The van der Waals surface area contributed by atoms with E-state index in [-0.39, 0.29) is 18.7 Å². The van der Waals surface area contributed by atoms with Gasteiger partial charge >= 0.3 is 11.9 Å². The van der Waals surface area contributed by atoms with Gasteiger partial charge in [-0.15, -0.1) is 0 Å². The van der Waals surface area contributed by atoms with Crippen molar-refractivity contribution in [2.75, 3.05) is 52.6 Å². The molecule has 1 unspecified atom stereocenters. The molecule has 0 radical (unpaired) electrons. The Bertz CT molecular complexity index is 865. The molecule has 34 heavy (non-hydrogen) atoms. The Kier molecular flexibility index (Phi) is 11.1. The molecule has 1 fully saturated rings. The minimum atomic E-state index is -2.47. The van der Waals surface area contributed by atoms with Crippen molar-refractivity contribution in [1.29, 1.82) is 0 Å². The van der Waals surface area contributed by atoms with Gasteiger partial charge in [0.05, 0.1) is 18.8 Å². The van der Waals surface area contributed by atoms with Gasteiger partial charge in [-0.1, -0.05) is 12.7 Å². The summed E-state index contributed by atoms with van der Waals surface area (Å²) in [4.78, 5) is 26.8. The predicted octanol–water partition coefficient (Wildman–Crippen LogP) is 2.02. The second-order valence-corrected chi connectivity index (χ2v) is 9.61. The quantitative estimate of drug-likeness (QED) is 0.263. The number of carbonyl (C=O) groups excluding carboxylic acids is 2. The highest BCUT2D eigenvalue weighted by atomic mass is 32.2. The van der Waals surface area contributed by atoms with E-state index < -0.39 is 35.4 Å². The zero-order valence-corrected chi connectivity index (χ0v) is 20.8. The third kappa shape index (κ3) is 9.90. The third-order valence-corrected chi connectivity index (χ3v) is 5.39. The van der Waals surface area contributed by atoms with Crippen LogP contribution in [0.3, 0.4) is 0 Å². The first kappa shape index (κ1) is 27.9. The fourth-order valence-electron chi connectivity index (χ4n) is 3.17. The van der Waals surface area contributed by atoms with Crippen LogP contribution >= 0.6 is 0 Å². The number of morpholine rings is 1. The number of hydrogen-bond donors (Lipinski definition) is 1. The molecular formula is C23H34N2O8S. The van der Waals surface area contributed by atoms with Crippen molar-refractivity contribution in [3.05, 3.63) is 42.0 Å². The topological polar surface area (TPSA) is 115 Å². The van der Waals surface area contributed by atoms with E-state index in [9.17, 15) is 18.4 Å². The lowest BCUT2D eigenvalue weighted by Gasteiger charge is -2.27. The van der Waals surface area contributed by atoms with Gasteiger partial charge in [-0.25, -0.2) is 9.00 Å². The number of carbonyl (C=O) groups is 2. The van der Waals surface area contributed by atoms with E-state index in [4.69, 9.17) is 18.9 Å². The molecule has 1 aliphatic heterocycles. The lowest BCUT2D eigenvalue weighted by Crippen LogP contribution is -2.38. The van der Waals surface area contributed by atoms with Gasteiger partial charge in [0.15, 0.2) is 0 Å². The number of esters is 2. The summed E-state index contributed by atoms with van der Waals surface area (Å²) >= 11 is -2.47. The first-order chi connectivity index (χ1) is 16.1. The average molecular weight is 499 g/mol. The van der Waals surface area contributed by atoms with Gasteiger partial charge in [-0.05, 0) is 39.0 Å². The van der Waals surface area contributed by atoms with Crippen LogP contribution in [-0.2, 0) is 36.8 Å². The molecule has 1 aromatic rings. The Hall–Kier alpha value is -2.31. The Labute approximate surface area is 203 Å². The molecule has 0 saturated carbocycles. The van der Waals surface area contributed by atoms with Crippen LogP contribution in [0.2, 0.25) is 0 Å². The van der Waals surface area contributed by atoms with Crippen molar-refractivity contribution in [1.82, 2.24) is 9.21 Å². The molecule has 0 aliphatic carbocycles. The standard InChI is InChI=1S/C23H34N2O8S/c1-5-11-32-22(27)18-6-7-20(31-14-10-24-8-12-30-13-9-24)19(15-18)16-25(34(28)29)17-21(26)33-23(2,3)4/h5-7,15H,1,8-14,16-17H2,2-4H3,(H,28,29). The summed E-state index contributed by atoms with van der Waals surface area (Å²) in [6, 6.07) is 4.71. The fourth-order valence-corrected chi connectivity index (χ4v) is 3.64. The summed E-state index contributed by atoms with van der Waals surface area (Å²) in [5.41, 5.74) is -0.0261. The van der Waals surface area contributed by atoms with Crippen molar-refractivity contribution >= 4 is 23.2 Å². The van der Waals surface area contributed by atoms with Crippen LogP contribution in [0.4, 0.5) is 0 Å². The molecule has 190 valence electrons. The molecule has 0 aromatic heterocycles. The molecule has 0 spiro atoms. The summed E-state index contributed by atoms with van der Waals surface area (Å²) < 4.78 is 44.4. The molecule has 1 heterocycles. The van der Waals surface area contributed by atoms with Crippen molar-refractivity contribution in [3.63, 3.8) is 0 Å². The SMILES string of the molecule is C=CCOC(=O)c1ccc(OCCN2CCOCC2)c(CN(CC(=O)OC(C)(C)C)S(=O)O)c1. The minimum Gasteiger partial charge on any atom is -0.492 e. The van der Waals surface area contributed by atoms with Crippen molar-refractivity contribution in [3.8, 4) is 5.75 Å². The minimum absolute atomic E-state index is 0.0530. The second-order valence-electron chi connectivity index (χ2n) is 8.63. The zero-order chi connectivity index (χ0) is 25.1. The lowest BCUT2D eigenvalue weighted by atomic mass is 10.1. The summed E-state index contributed by atoms with van der Waals surface area (Å²) in [7, 11) is 0. The van der Waals surface area contributed by atoms with Crippen molar-refractivity contribution < 1.29 is 37.3 Å². The molecule has 10 nitrogen and oxygen atoms in total. The maximum Gasteiger partial charge on any atom is 0.338 e. The highest BCUT2D eigenvalue weighted by Gasteiger charge is 2.24. The Morgan fingerprint density at radius 1 is 1.29 bits per heavy atom. The fraction of sp³-hybridized carbons (Fsp3) is 0.565. The number of benzene rings is 1. The van der Waals surface area contributed by atoms with E-state index in [2.05, 4.69) is 11.5 Å². The second kappa shape index (κ2) is 13.5. The molecular weight excluding hydrogens is 464 g/mol. The molecule has 0 amide bonds. The van der Waals surface area contributed by atoms with Gasteiger partial charge in [0.25, 0.3) is 0 Å². The summed E-state index contributed by atoms with van der Waals surface area (Å²) in [6.07, 6.45) is 1.46. The molecule has 1 aliphatic rings. The number of nitrogens with zero attached hydrogens (tertiary/aromatic N) is 2. The normalized spacial score (nSPS) is 15.6. The van der Waals surface area contributed by atoms with Gasteiger partial charge in [0.2, 0.25) is 11.3 Å². The Balaban J connectivity index is 2.18. The zero-order valence-electron chi connectivity index (χ0n) is 20.0. The molecule has 0 bridgehead atoms. The van der Waals surface area contributed by atoms with Crippen LogP contribution in [0.15, 0.2) is 30.9 Å². The molecule has 1 atom stereocenters. The van der Waals surface area contributed by atoms with E-state index in [1.807, 2.05) is 0 Å². The van der Waals surface area contributed by atoms with Gasteiger partial charge in [0.1, 0.15) is 31.1 Å². The molecule has 11 heteroatoms. The van der Waals surface area contributed by atoms with Gasteiger partial charge in [0, 0.05) is 31.7 Å². The maximum absolute atomic E-state index is 12.3. The van der Waals surface area contributed by atoms with Crippen molar-refractivity contribution in [2.45, 2.75) is 32.9 Å². The van der Waals surface area contributed by atoms with E-state index in [1.54, 1.807) is 32.9 Å². The first-order valence-electron chi connectivity index (χ1n) is 11.0. The van der Waals surface area contributed by atoms with Crippen LogP contribution in [-0.4, -0.2) is 88.1 Å². The number of ether oxygens (including phenoxy) is 4. The summed E-state index contributed by atoms with van der Waals surface area (Å²) in [6.45, 7) is 12.2. The first-order valence-corrected chi connectivity index (χ1v) is 12.1. The van der Waals surface area contributed by atoms with Crippen LogP contribution in [0.5, 0.6) is 5.75 Å². The number of rotatable bonds is 12. The smallest absolute Gasteiger partial charge is 0.338 e. The monoisotopic (exact) mass is 498 g/mol. The average Bonchev–Trinajstić information content (AvgIpc) is 2.77. The van der Waals surface area contributed by atoms with E-state index in [1.165, 1.54) is 12.1 Å². The Morgan fingerprint density at radius 2 is 2.00 bits per heavy atom. The van der Waals surface area contributed by atoms with Gasteiger partial charge in [-0.2, -0.15) is 4.31 Å². The Morgan fingerprint density at radius 3 is 2.62 bits per heavy atom. The number of hydrogen-bond acceptors (Lipinski definition) is 8. The highest BCUT2D eigenvalue weighted by molar-refractivity contribution is 7.76. The van der Waals surface area contributed by atoms with Crippen molar-refractivity contribution in [2.24, 2.45) is 0 Å². The molecule has 1 N–H and O–H groups in total. The third-order valence-electron chi connectivity index (χ3n) is 4.69. The lowest BCUT2D eigenvalue weighted by molar-refractivity contribution is -0.155. The van der Waals surface area contributed by atoms with Crippen LogP contribution in [0.25, 0.3) is 0 Å². The maximum atomic E-state index is 12.3. The van der Waals surface area contributed by atoms with E-state index in [0.717, 1.165) is 17.4 Å². The van der Waals surface area contributed by atoms with Crippen LogP contribution < -0.4 is 4.74 Å². The van der Waals surface area contributed by atoms with Gasteiger partial charge < -0.3 is 18.9 Å². The highest BCUT2D eigenvalue weighted by Crippen LogP contribution is 2.24. The summed E-state index contributed by atoms with van der Waals surface area (Å²) in [5, 5.41) is 0. The van der Waals surface area contributed by atoms with E-state index >= 15 is 0 Å². The van der Waals surface area contributed by atoms with Crippen LogP contribution in [0.1, 0.15) is 36.7 Å². The van der Waals surface area contributed by atoms with Crippen LogP contribution in [0, 0.1) is 0 Å². The summed E-state index contributed by atoms with van der Waals surface area (Å²) in [5.74, 6) is -0.774. The molecule has 1 aromatic carbocycles. The molecule has 1 saturated heterocycles.